The first-order valence-electron chi connectivity index (χ1n) is 11.8. The minimum atomic E-state index is -3.92. The Labute approximate surface area is 186 Å². The number of hydrogen-bond acceptors (Lipinski definition) is 3. The van der Waals surface area contributed by atoms with Crippen LogP contribution in [0.2, 0.25) is 0 Å². The molecular weight excluding hydrogens is 398 g/mol. The molecule has 0 heterocycles. The van der Waals surface area contributed by atoms with Crippen molar-refractivity contribution in [2.45, 2.75) is 79.1 Å². The molecule has 6 heteroatoms. The van der Waals surface area contributed by atoms with Gasteiger partial charge in [-0.05, 0) is 37.8 Å². The molecule has 30 heavy (non-hydrogen) atoms. The first-order valence-corrected chi connectivity index (χ1v) is 13.4. The minimum Gasteiger partial charge on any atom is -0.492 e. The summed E-state index contributed by atoms with van der Waals surface area (Å²) in [5.41, 5.74) is 0. The normalized spacial score (nSPS) is 11.6. The van der Waals surface area contributed by atoms with Gasteiger partial charge >= 0.3 is 0 Å². The molecule has 0 fully saturated rings. The van der Waals surface area contributed by atoms with Crippen molar-refractivity contribution in [3.8, 4) is 5.75 Å². The molecule has 1 N–H and O–H groups in total. The van der Waals surface area contributed by atoms with E-state index in [0.29, 0.717) is 5.75 Å². The highest BCUT2D eigenvalue weighted by molar-refractivity contribution is 7.85. The molecule has 0 unspecified atom stereocenters. The molecule has 0 saturated carbocycles. The van der Waals surface area contributed by atoms with Crippen LogP contribution in [0, 0.1) is 0 Å². The number of nitrogens with zero attached hydrogens (tertiary/aromatic N) is 1. The molecule has 176 valence electrons. The summed E-state index contributed by atoms with van der Waals surface area (Å²) in [4.78, 5) is 0. The van der Waals surface area contributed by atoms with Crippen molar-refractivity contribution in [3.63, 3.8) is 0 Å². The van der Waals surface area contributed by atoms with E-state index in [-0.39, 0.29) is 12.4 Å². The second kappa shape index (κ2) is 17.6. The zero-order valence-electron chi connectivity index (χ0n) is 19.8. The number of hydrogen-bond donors (Lipinski definition) is 1. The monoisotopic (exact) mass is 444 g/mol. The van der Waals surface area contributed by atoms with E-state index in [1.54, 1.807) is 24.3 Å². The van der Waals surface area contributed by atoms with Crippen LogP contribution in [-0.2, 0) is 10.1 Å². The Balaban J connectivity index is 0.000000579. The third kappa shape index (κ3) is 15.7. The maximum absolute atomic E-state index is 10.3. The number of benzene rings is 1. The van der Waals surface area contributed by atoms with Crippen LogP contribution < -0.4 is 4.74 Å². The van der Waals surface area contributed by atoms with Crippen molar-refractivity contribution >= 4 is 10.1 Å². The zero-order valence-corrected chi connectivity index (χ0v) is 20.6. The number of ether oxygens (including phenoxy) is 1. The molecule has 0 radical (unpaired) electrons. The average molecular weight is 445 g/mol. The van der Waals surface area contributed by atoms with Crippen LogP contribution in [0.4, 0.5) is 0 Å². The van der Waals surface area contributed by atoms with Crippen molar-refractivity contribution < 1.29 is 22.2 Å². The quantitative estimate of drug-likeness (QED) is 0.252. The fourth-order valence-corrected chi connectivity index (χ4v) is 3.72. The van der Waals surface area contributed by atoms with Crippen molar-refractivity contribution in [3.05, 3.63) is 30.3 Å². The van der Waals surface area contributed by atoms with Crippen molar-refractivity contribution in [2.75, 3.05) is 38.5 Å². The third-order valence-corrected chi connectivity index (χ3v) is 5.98. The predicted octanol–water partition coefficient (Wildman–Crippen LogP) is 5.96. The summed E-state index contributed by atoms with van der Waals surface area (Å²) in [6.45, 7) is 15.0. The van der Waals surface area contributed by atoms with Crippen molar-refractivity contribution in [1.29, 1.82) is 0 Å². The Morgan fingerprint density at radius 3 is 1.50 bits per heavy atom. The zero-order chi connectivity index (χ0) is 22.7. The van der Waals surface area contributed by atoms with E-state index in [1.807, 2.05) is 6.07 Å². The van der Waals surface area contributed by atoms with Gasteiger partial charge in [-0.1, -0.05) is 71.6 Å². The van der Waals surface area contributed by atoms with E-state index >= 15 is 0 Å². The molecule has 0 spiro atoms. The second-order valence-corrected chi connectivity index (χ2v) is 9.67. The lowest BCUT2D eigenvalue weighted by Gasteiger charge is -2.39. The van der Waals surface area contributed by atoms with Gasteiger partial charge in [-0.3, -0.25) is 4.55 Å². The number of para-hydroxylation sites is 1. The molecule has 0 atom stereocenters. The Kier molecular flexibility index (Phi) is 16.9. The Morgan fingerprint density at radius 2 is 1.17 bits per heavy atom. The van der Waals surface area contributed by atoms with E-state index in [9.17, 15) is 8.42 Å². The van der Waals surface area contributed by atoms with Gasteiger partial charge in [-0.15, -0.1) is 0 Å². The molecule has 1 aromatic rings. The van der Waals surface area contributed by atoms with Gasteiger partial charge in [0, 0.05) is 0 Å². The van der Waals surface area contributed by atoms with Gasteiger partial charge in [0.25, 0.3) is 10.1 Å². The number of quaternary nitrogens is 1. The highest BCUT2D eigenvalue weighted by Gasteiger charge is 2.24. The van der Waals surface area contributed by atoms with E-state index in [2.05, 4.69) is 27.7 Å². The van der Waals surface area contributed by atoms with Crippen LogP contribution in [0.25, 0.3) is 0 Å². The average Bonchev–Trinajstić information content (AvgIpc) is 2.73. The number of unbranched alkanes of at least 4 members (excludes halogenated alkanes) is 4. The van der Waals surface area contributed by atoms with Gasteiger partial charge < -0.3 is 9.22 Å². The van der Waals surface area contributed by atoms with E-state index in [1.165, 1.54) is 82.0 Å². The summed E-state index contributed by atoms with van der Waals surface area (Å²) >= 11 is 0. The van der Waals surface area contributed by atoms with E-state index < -0.39 is 10.1 Å². The van der Waals surface area contributed by atoms with Crippen LogP contribution in [0.1, 0.15) is 79.1 Å². The molecule has 0 amide bonds. The summed E-state index contributed by atoms with van der Waals surface area (Å²) in [7, 11) is -3.92. The summed E-state index contributed by atoms with van der Waals surface area (Å²) < 4.78 is 35.4. The van der Waals surface area contributed by atoms with Gasteiger partial charge in [0.15, 0.2) is 0 Å². The van der Waals surface area contributed by atoms with Crippen LogP contribution in [0.3, 0.4) is 0 Å². The first-order chi connectivity index (χ1) is 14.3. The van der Waals surface area contributed by atoms with E-state index in [4.69, 9.17) is 9.29 Å². The molecule has 0 aliphatic heterocycles. The first kappa shape index (κ1) is 28.9. The third-order valence-electron chi connectivity index (χ3n) is 5.30. The predicted molar refractivity (Wildman–Crippen MR) is 128 cm³/mol. The fourth-order valence-electron chi connectivity index (χ4n) is 3.43. The van der Waals surface area contributed by atoms with Crippen molar-refractivity contribution in [2.24, 2.45) is 0 Å². The summed E-state index contributed by atoms with van der Waals surface area (Å²) in [5, 5.41) is 0. The van der Waals surface area contributed by atoms with E-state index in [0.717, 1.165) is 0 Å². The highest BCUT2D eigenvalue weighted by Crippen LogP contribution is 2.16. The summed E-state index contributed by atoms with van der Waals surface area (Å²) in [6, 6.07) is 8.81. The Bertz CT molecular complexity index is 567. The van der Waals surface area contributed by atoms with Crippen LogP contribution in [0.15, 0.2) is 30.3 Å². The van der Waals surface area contributed by atoms with Gasteiger partial charge in [-0.2, -0.15) is 8.42 Å². The Hall–Kier alpha value is -1.11. The molecule has 0 bridgehead atoms. The Morgan fingerprint density at radius 1 is 0.767 bits per heavy atom. The van der Waals surface area contributed by atoms with Crippen LogP contribution in [0.5, 0.6) is 5.75 Å². The fraction of sp³-hybridized carbons (Fsp3) is 0.750. The maximum Gasteiger partial charge on any atom is 0.268 e. The standard InChI is InChI=1S/C16H36N.C8H10O4S/c1-5-9-13-17(14-10-6-2,15-11-7-3)16-12-8-4;9-13(10,11)7-6-12-8-4-2-1-3-5-8/h5-16H2,1-4H3;1-5H,6-7H2,(H,9,10,11)/q+1;. The summed E-state index contributed by atoms with van der Waals surface area (Å²) in [5.74, 6) is 0.202. The van der Waals surface area contributed by atoms with Gasteiger partial charge in [0.05, 0.1) is 26.2 Å². The van der Waals surface area contributed by atoms with Gasteiger partial charge in [-0.25, -0.2) is 0 Å². The van der Waals surface area contributed by atoms with Crippen LogP contribution >= 0.6 is 0 Å². The molecular formula is C24H46NO4S+. The topological polar surface area (TPSA) is 63.6 Å². The maximum atomic E-state index is 10.3. The smallest absolute Gasteiger partial charge is 0.268 e. The molecule has 0 aliphatic rings. The van der Waals surface area contributed by atoms with Crippen LogP contribution in [-0.4, -0.2) is 56.0 Å². The minimum absolute atomic E-state index is 0.0388. The molecule has 0 aliphatic carbocycles. The van der Waals surface area contributed by atoms with Gasteiger partial charge in [0.1, 0.15) is 18.1 Å². The summed E-state index contributed by atoms with van der Waals surface area (Å²) in [6.07, 6.45) is 11.1. The molecule has 0 saturated heterocycles. The van der Waals surface area contributed by atoms with Gasteiger partial charge in [0.2, 0.25) is 0 Å². The largest absolute Gasteiger partial charge is 0.492 e. The molecule has 0 aromatic heterocycles. The van der Waals surface area contributed by atoms with Crippen molar-refractivity contribution in [1.82, 2.24) is 0 Å². The lowest BCUT2D eigenvalue weighted by molar-refractivity contribution is -0.929. The highest BCUT2D eigenvalue weighted by atomic mass is 32.2. The lowest BCUT2D eigenvalue weighted by Crippen LogP contribution is -2.50. The lowest BCUT2D eigenvalue weighted by atomic mass is 10.1. The number of rotatable bonds is 16. The second-order valence-electron chi connectivity index (χ2n) is 8.10. The SMILES string of the molecule is CCCC[N+](CCCC)(CCCC)CCCC.O=S(=O)(O)CCOc1ccccc1. The molecule has 5 nitrogen and oxygen atoms in total. The molecule has 1 rings (SSSR count). The molecule has 1 aromatic carbocycles.